The molecule has 2 rings (SSSR count). The van der Waals surface area contributed by atoms with Gasteiger partial charge < -0.3 is 18.7 Å². The summed E-state index contributed by atoms with van der Waals surface area (Å²) in [6, 6.07) is 3.11. The molecule has 1 aromatic heterocycles. The third kappa shape index (κ3) is 7.65. The SMILES string of the molecule is CCOc1cc(C(=O)NNC(=O)CCCc2nc(C(C)(C)C)no2)cc(OCC)c1OCC. The number of benzene rings is 1. The smallest absolute Gasteiger partial charge is 0.269 e. The van der Waals surface area contributed by atoms with E-state index < -0.39 is 5.91 Å². The van der Waals surface area contributed by atoms with Crippen LogP contribution in [0.15, 0.2) is 16.7 Å². The monoisotopic (exact) mass is 462 g/mol. The van der Waals surface area contributed by atoms with Crippen LogP contribution in [0.3, 0.4) is 0 Å². The van der Waals surface area contributed by atoms with Crippen LogP contribution in [0.1, 0.15) is 76.5 Å². The molecule has 0 fully saturated rings. The number of hydrazine groups is 1. The Labute approximate surface area is 194 Å². The molecule has 182 valence electrons. The maximum atomic E-state index is 12.6. The molecule has 2 N–H and O–H groups in total. The fraction of sp³-hybridized carbons (Fsp3) is 0.565. The normalized spacial score (nSPS) is 11.1. The second kappa shape index (κ2) is 12.1. The van der Waals surface area contributed by atoms with Gasteiger partial charge in [-0.3, -0.25) is 20.4 Å². The highest BCUT2D eigenvalue weighted by Crippen LogP contribution is 2.39. The van der Waals surface area contributed by atoms with Crippen molar-refractivity contribution in [2.24, 2.45) is 0 Å². The Morgan fingerprint density at radius 1 is 0.970 bits per heavy atom. The van der Waals surface area contributed by atoms with Crippen molar-refractivity contribution in [3.05, 3.63) is 29.4 Å². The van der Waals surface area contributed by atoms with Crippen LogP contribution in [-0.2, 0) is 16.6 Å². The maximum absolute atomic E-state index is 12.6. The summed E-state index contributed by atoms with van der Waals surface area (Å²) in [7, 11) is 0. The highest BCUT2D eigenvalue weighted by molar-refractivity contribution is 5.96. The Hall–Kier alpha value is -3.30. The summed E-state index contributed by atoms with van der Waals surface area (Å²) in [5, 5.41) is 3.96. The van der Waals surface area contributed by atoms with Crippen LogP contribution in [0.4, 0.5) is 0 Å². The molecule has 1 aromatic carbocycles. The first-order chi connectivity index (χ1) is 15.7. The zero-order valence-electron chi connectivity index (χ0n) is 20.2. The molecule has 0 radical (unpaired) electrons. The molecule has 33 heavy (non-hydrogen) atoms. The number of carbonyl (C=O) groups is 2. The highest BCUT2D eigenvalue weighted by atomic mass is 16.5. The van der Waals surface area contributed by atoms with Crippen LogP contribution in [-0.4, -0.2) is 41.8 Å². The molecular weight excluding hydrogens is 428 g/mol. The lowest BCUT2D eigenvalue weighted by Gasteiger charge is -2.17. The molecule has 0 saturated carbocycles. The van der Waals surface area contributed by atoms with Gasteiger partial charge in [0.05, 0.1) is 19.8 Å². The van der Waals surface area contributed by atoms with Gasteiger partial charge in [0.1, 0.15) is 0 Å². The molecule has 1 heterocycles. The van der Waals surface area contributed by atoms with Crippen molar-refractivity contribution in [2.75, 3.05) is 19.8 Å². The molecule has 0 aliphatic heterocycles. The Morgan fingerprint density at radius 3 is 2.09 bits per heavy atom. The summed E-state index contributed by atoms with van der Waals surface area (Å²) in [6.07, 6.45) is 1.16. The van der Waals surface area contributed by atoms with Crippen molar-refractivity contribution in [3.63, 3.8) is 0 Å². The van der Waals surface area contributed by atoms with Crippen molar-refractivity contribution in [1.82, 2.24) is 21.0 Å². The first kappa shape index (κ1) is 26.0. The third-order valence-corrected chi connectivity index (χ3v) is 4.42. The lowest BCUT2D eigenvalue weighted by molar-refractivity contribution is -0.121. The van der Waals surface area contributed by atoms with Crippen LogP contribution >= 0.6 is 0 Å². The van der Waals surface area contributed by atoms with E-state index in [1.807, 2.05) is 41.5 Å². The van der Waals surface area contributed by atoms with Gasteiger partial charge in [-0.1, -0.05) is 25.9 Å². The number of carbonyl (C=O) groups excluding carboxylic acids is 2. The number of rotatable bonds is 11. The number of amides is 2. The van der Waals surface area contributed by atoms with Gasteiger partial charge in [-0.15, -0.1) is 0 Å². The molecule has 2 amide bonds. The number of hydrogen-bond acceptors (Lipinski definition) is 8. The van der Waals surface area contributed by atoms with E-state index in [0.717, 1.165) is 0 Å². The van der Waals surface area contributed by atoms with Crippen LogP contribution in [0.5, 0.6) is 17.2 Å². The van der Waals surface area contributed by atoms with Crippen molar-refractivity contribution >= 4 is 11.8 Å². The molecule has 10 heteroatoms. The summed E-state index contributed by atoms with van der Waals surface area (Å²) in [5.74, 6) is 1.52. The molecular formula is C23H34N4O6. The van der Waals surface area contributed by atoms with Crippen molar-refractivity contribution in [3.8, 4) is 17.2 Å². The summed E-state index contributed by atoms with van der Waals surface area (Å²) < 4.78 is 22.1. The Morgan fingerprint density at radius 2 is 1.58 bits per heavy atom. The number of aryl methyl sites for hydroxylation is 1. The van der Waals surface area contributed by atoms with Gasteiger partial charge in [-0.05, 0) is 39.3 Å². The predicted octanol–water partition coefficient (Wildman–Crippen LogP) is 3.35. The van der Waals surface area contributed by atoms with E-state index in [-0.39, 0.29) is 23.3 Å². The zero-order chi connectivity index (χ0) is 24.4. The second-order valence-electron chi connectivity index (χ2n) is 8.22. The van der Waals surface area contributed by atoms with Crippen molar-refractivity contribution < 1.29 is 28.3 Å². The van der Waals surface area contributed by atoms with E-state index in [1.165, 1.54) is 0 Å². The lowest BCUT2D eigenvalue weighted by atomic mass is 9.96. The van der Waals surface area contributed by atoms with E-state index in [9.17, 15) is 9.59 Å². The first-order valence-electron chi connectivity index (χ1n) is 11.2. The number of nitrogens with one attached hydrogen (secondary N) is 2. The Balaban J connectivity index is 1.93. The molecule has 0 unspecified atom stereocenters. The average molecular weight is 463 g/mol. The van der Waals surface area contributed by atoms with Gasteiger partial charge in [0, 0.05) is 23.8 Å². The lowest BCUT2D eigenvalue weighted by Crippen LogP contribution is -2.41. The molecule has 2 aromatic rings. The molecule has 10 nitrogen and oxygen atoms in total. The molecule has 0 spiro atoms. The topological polar surface area (TPSA) is 125 Å². The summed E-state index contributed by atoms with van der Waals surface area (Å²) in [6.45, 7) is 12.7. The summed E-state index contributed by atoms with van der Waals surface area (Å²) in [4.78, 5) is 29.1. The minimum absolute atomic E-state index is 0.186. The predicted molar refractivity (Wildman–Crippen MR) is 121 cm³/mol. The fourth-order valence-electron chi connectivity index (χ4n) is 2.84. The molecule has 0 bridgehead atoms. The number of aromatic nitrogens is 2. The van der Waals surface area contributed by atoms with Gasteiger partial charge in [-0.25, -0.2) is 0 Å². The van der Waals surface area contributed by atoms with Gasteiger partial charge in [-0.2, -0.15) is 4.98 Å². The van der Waals surface area contributed by atoms with E-state index in [4.69, 9.17) is 18.7 Å². The van der Waals surface area contributed by atoms with Crippen molar-refractivity contribution in [2.45, 2.75) is 66.2 Å². The number of ether oxygens (including phenoxy) is 3. The summed E-state index contributed by atoms with van der Waals surface area (Å²) in [5.41, 5.74) is 4.91. The number of nitrogens with zero attached hydrogens (tertiary/aromatic N) is 2. The molecule has 0 aliphatic carbocycles. The van der Waals surface area contributed by atoms with Gasteiger partial charge in [0.15, 0.2) is 17.3 Å². The highest BCUT2D eigenvalue weighted by Gasteiger charge is 2.21. The molecule has 0 atom stereocenters. The van der Waals surface area contributed by atoms with Crippen LogP contribution in [0, 0.1) is 0 Å². The molecule has 0 saturated heterocycles. The minimum Gasteiger partial charge on any atom is -0.490 e. The fourth-order valence-corrected chi connectivity index (χ4v) is 2.84. The first-order valence-corrected chi connectivity index (χ1v) is 11.2. The second-order valence-corrected chi connectivity index (χ2v) is 8.22. The summed E-state index contributed by atoms with van der Waals surface area (Å²) >= 11 is 0. The van der Waals surface area contributed by atoms with E-state index in [0.29, 0.717) is 61.6 Å². The van der Waals surface area contributed by atoms with Gasteiger partial charge in [0.25, 0.3) is 5.91 Å². The maximum Gasteiger partial charge on any atom is 0.269 e. The van der Waals surface area contributed by atoms with Crippen molar-refractivity contribution in [1.29, 1.82) is 0 Å². The largest absolute Gasteiger partial charge is 0.490 e. The number of hydrogen-bond donors (Lipinski definition) is 2. The zero-order valence-corrected chi connectivity index (χ0v) is 20.2. The third-order valence-electron chi connectivity index (χ3n) is 4.42. The van der Waals surface area contributed by atoms with Crippen LogP contribution < -0.4 is 25.1 Å². The minimum atomic E-state index is -0.500. The average Bonchev–Trinajstić information content (AvgIpc) is 3.24. The quantitative estimate of drug-likeness (QED) is 0.487. The van der Waals surface area contributed by atoms with Gasteiger partial charge in [0.2, 0.25) is 17.5 Å². The van der Waals surface area contributed by atoms with Crippen LogP contribution in [0.2, 0.25) is 0 Å². The van der Waals surface area contributed by atoms with Gasteiger partial charge >= 0.3 is 0 Å². The van der Waals surface area contributed by atoms with Crippen LogP contribution in [0.25, 0.3) is 0 Å². The van der Waals surface area contributed by atoms with E-state index >= 15 is 0 Å². The Bertz CT molecular complexity index is 908. The van der Waals surface area contributed by atoms with E-state index in [2.05, 4.69) is 21.0 Å². The Kier molecular flexibility index (Phi) is 9.50. The van der Waals surface area contributed by atoms with E-state index in [1.54, 1.807) is 12.1 Å². The molecule has 0 aliphatic rings. The standard InChI is InChI=1S/C23H34N4O6/c1-7-30-16-13-15(14-17(31-8-2)20(16)32-9-3)21(29)26-25-18(28)11-10-12-19-24-22(27-33-19)23(4,5)6/h13-14H,7-12H2,1-6H3,(H,25,28)(H,26,29).